The van der Waals surface area contributed by atoms with Gasteiger partial charge in [0.25, 0.3) is 0 Å². The number of hydrogen-bond donors (Lipinski definition) is 2. The Labute approximate surface area is 83.5 Å². The summed E-state index contributed by atoms with van der Waals surface area (Å²) in [5, 5.41) is 10.3. The Morgan fingerprint density at radius 3 is 2.27 bits per heavy atom. The van der Waals surface area contributed by atoms with Gasteiger partial charge in [0.1, 0.15) is 0 Å². The third kappa shape index (κ3) is 2.84. The standard InChI is InChI=1S/C8H10F3NO3/c9-8(10,11)7(15)12-3-4-1-2-5(4)6(13)14/h4-5H,1-3H2,(H,12,15)(H,13,14)/t4-,5-/m1/s1. The van der Waals surface area contributed by atoms with Gasteiger partial charge in [-0.05, 0) is 18.8 Å². The molecule has 0 aromatic carbocycles. The van der Waals surface area contributed by atoms with Crippen LogP contribution in [0, 0.1) is 11.8 Å². The number of carbonyl (C=O) groups is 2. The quantitative estimate of drug-likeness (QED) is 0.745. The Balaban J connectivity index is 2.33. The van der Waals surface area contributed by atoms with Crippen LogP contribution in [-0.2, 0) is 9.59 Å². The molecule has 2 N–H and O–H groups in total. The molecule has 0 radical (unpaired) electrons. The minimum absolute atomic E-state index is 0.227. The van der Waals surface area contributed by atoms with Crippen molar-refractivity contribution in [3.63, 3.8) is 0 Å². The van der Waals surface area contributed by atoms with Crippen molar-refractivity contribution in [1.82, 2.24) is 5.32 Å². The first-order valence-electron chi connectivity index (χ1n) is 4.40. The molecular formula is C8H10F3NO3. The molecule has 1 aliphatic rings. The van der Waals surface area contributed by atoms with Crippen LogP contribution in [0.15, 0.2) is 0 Å². The van der Waals surface area contributed by atoms with Gasteiger partial charge in [-0.15, -0.1) is 0 Å². The molecule has 0 unspecified atom stereocenters. The summed E-state index contributed by atoms with van der Waals surface area (Å²) < 4.78 is 35.2. The number of halogens is 3. The van der Waals surface area contributed by atoms with Crippen molar-refractivity contribution < 1.29 is 27.9 Å². The SMILES string of the molecule is O=C(O)[C@@H]1CC[C@@H]1CNC(=O)C(F)(F)F. The highest BCUT2D eigenvalue weighted by molar-refractivity contribution is 5.81. The van der Waals surface area contributed by atoms with E-state index in [1.165, 1.54) is 0 Å². The van der Waals surface area contributed by atoms with Crippen LogP contribution in [-0.4, -0.2) is 29.7 Å². The van der Waals surface area contributed by atoms with Gasteiger partial charge in [-0.25, -0.2) is 0 Å². The van der Waals surface area contributed by atoms with E-state index in [0.29, 0.717) is 12.8 Å². The van der Waals surface area contributed by atoms with Crippen molar-refractivity contribution in [2.45, 2.75) is 19.0 Å². The largest absolute Gasteiger partial charge is 0.481 e. The number of alkyl halides is 3. The fourth-order valence-electron chi connectivity index (χ4n) is 1.46. The van der Waals surface area contributed by atoms with Crippen molar-refractivity contribution in [3.05, 3.63) is 0 Å². The number of carboxylic acids is 1. The average Bonchev–Trinajstić information content (AvgIpc) is 1.98. The molecule has 0 aliphatic heterocycles. The van der Waals surface area contributed by atoms with E-state index in [1.807, 2.05) is 0 Å². The number of carboxylic acid groups (broad SMARTS) is 1. The van der Waals surface area contributed by atoms with Crippen LogP contribution in [0.25, 0.3) is 0 Å². The van der Waals surface area contributed by atoms with Crippen LogP contribution in [0.4, 0.5) is 13.2 Å². The van der Waals surface area contributed by atoms with Gasteiger partial charge in [0.15, 0.2) is 0 Å². The summed E-state index contributed by atoms with van der Waals surface area (Å²) in [6.07, 6.45) is -3.90. The summed E-state index contributed by atoms with van der Waals surface area (Å²) in [7, 11) is 0. The second-order valence-corrected chi connectivity index (χ2v) is 3.49. The monoisotopic (exact) mass is 225 g/mol. The molecule has 1 amide bonds. The second kappa shape index (κ2) is 4.08. The lowest BCUT2D eigenvalue weighted by molar-refractivity contribution is -0.174. The zero-order valence-corrected chi connectivity index (χ0v) is 7.67. The topological polar surface area (TPSA) is 66.4 Å². The maximum Gasteiger partial charge on any atom is 0.471 e. The average molecular weight is 225 g/mol. The first kappa shape index (κ1) is 11.8. The summed E-state index contributed by atoms with van der Waals surface area (Å²) >= 11 is 0. The Morgan fingerprint density at radius 2 is 1.93 bits per heavy atom. The van der Waals surface area contributed by atoms with Gasteiger partial charge in [-0.2, -0.15) is 13.2 Å². The van der Waals surface area contributed by atoms with Crippen molar-refractivity contribution in [1.29, 1.82) is 0 Å². The predicted molar refractivity (Wildman–Crippen MR) is 42.9 cm³/mol. The molecule has 0 bridgehead atoms. The highest BCUT2D eigenvalue weighted by Crippen LogP contribution is 2.33. The maximum absolute atomic E-state index is 11.7. The minimum Gasteiger partial charge on any atom is -0.481 e. The van der Waals surface area contributed by atoms with E-state index in [-0.39, 0.29) is 12.5 Å². The van der Waals surface area contributed by atoms with Crippen LogP contribution < -0.4 is 5.32 Å². The van der Waals surface area contributed by atoms with Crippen LogP contribution in [0.2, 0.25) is 0 Å². The lowest BCUT2D eigenvalue weighted by atomic mass is 9.73. The van der Waals surface area contributed by atoms with Crippen molar-refractivity contribution in [2.24, 2.45) is 11.8 Å². The molecule has 0 spiro atoms. The molecule has 2 atom stereocenters. The Kier molecular flexibility index (Phi) is 3.21. The first-order valence-corrected chi connectivity index (χ1v) is 4.40. The molecule has 4 nitrogen and oxygen atoms in total. The lowest BCUT2D eigenvalue weighted by Crippen LogP contribution is -2.45. The predicted octanol–water partition coefficient (Wildman–Crippen LogP) is 0.776. The molecule has 0 aromatic rings. The van der Waals surface area contributed by atoms with Gasteiger partial charge in [0, 0.05) is 6.54 Å². The van der Waals surface area contributed by atoms with E-state index in [2.05, 4.69) is 0 Å². The summed E-state index contributed by atoms with van der Waals surface area (Å²) in [6.45, 7) is -0.227. The van der Waals surface area contributed by atoms with Gasteiger partial charge in [0.2, 0.25) is 0 Å². The van der Waals surface area contributed by atoms with Crippen LogP contribution in [0.5, 0.6) is 0 Å². The second-order valence-electron chi connectivity index (χ2n) is 3.49. The third-order valence-electron chi connectivity index (χ3n) is 2.52. The highest BCUT2D eigenvalue weighted by atomic mass is 19.4. The van der Waals surface area contributed by atoms with Crippen LogP contribution >= 0.6 is 0 Å². The van der Waals surface area contributed by atoms with Crippen LogP contribution in [0.3, 0.4) is 0 Å². The molecular weight excluding hydrogens is 215 g/mol. The van der Waals surface area contributed by atoms with E-state index in [4.69, 9.17) is 5.11 Å². The minimum atomic E-state index is -4.90. The fourth-order valence-corrected chi connectivity index (χ4v) is 1.46. The number of nitrogens with one attached hydrogen (secondary N) is 1. The van der Waals surface area contributed by atoms with Crippen molar-refractivity contribution in [2.75, 3.05) is 6.54 Å². The third-order valence-corrected chi connectivity index (χ3v) is 2.52. The van der Waals surface area contributed by atoms with E-state index < -0.39 is 24.0 Å². The summed E-state index contributed by atoms with van der Waals surface area (Å²) in [4.78, 5) is 20.9. The maximum atomic E-state index is 11.7. The van der Waals surface area contributed by atoms with Crippen molar-refractivity contribution in [3.8, 4) is 0 Å². The van der Waals surface area contributed by atoms with Crippen LogP contribution in [0.1, 0.15) is 12.8 Å². The smallest absolute Gasteiger partial charge is 0.471 e. The number of hydrogen-bond acceptors (Lipinski definition) is 2. The highest BCUT2D eigenvalue weighted by Gasteiger charge is 2.41. The molecule has 0 saturated heterocycles. The zero-order chi connectivity index (χ0) is 11.6. The number of carbonyl (C=O) groups excluding carboxylic acids is 1. The first-order chi connectivity index (χ1) is 6.82. The summed E-state index contributed by atoms with van der Waals surface area (Å²) in [6, 6.07) is 0. The Bertz CT molecular complexity index is 277. The Morgan fingerprint density at radius 1 is 1.33 bits per heavy atom. The van der Waals surface area contributed by atoms with E-state index >= 15 is 0 Å². The molecule has 1 aliphatic carbocycles. The number of rotatable bonds is 3. The number of amides is 1. The van der Waals surface area contributed by atoms with Gasteiger partial charge in [-0.1, -0.05) is 0 Å². The van der Waals surface area contributed by atoms with Gasteiger partial charge in [0.05, 0.1) is 5.92 Å². The Hall–Kier alpha value is -1.27. The molecule has 1 fully saturated rings. The van der Waals surface area contributed by atoms with E-state index in [1.54, 1.807) is 5.32 Å². The number of aliphatic carboxylic acids is 1. The lowest BCUT2D eigenvalue weighted by Gasteiger charge is -2.33. The molecule has 15 heavy (non-hydrogen) atoms. The van der Waals surface area contributed by atoms with Gasteiger partial charge >= 0.3 is 18.1 Å². The van der Waals surface area contributed by atoms with Gasteiger partial charge in [-0.3, -0.25) is 9.59 Å². The zero-order valence-electron chi connectivity index (χ0n) is 7.67. The summed E-state index contributed by atoms with van der Waals surface area (Å²) in [5.74, 6) is -4.04. The molecule has 0 aromatic heterocycles. The van der Waals surface area contributed by atoms with E-state index in [9.17, 15) is 22.8 Å². The molecule has 7 heteroatoms. The fraction of sp³-hybridized carbons (Fsp3) is 0.750. The molecule has 0 heterocycles. The molecule has 1 saturated carbocycles. The molecule has 1 rings (SSSR count). The normalized spacial score (nSPS) is 25.5. The van der Waals surface area contributed by atoms with E-state index in [0.717, 1.165) is 0 Å². The molecule has 86 valence electrons. The summed E-state index contributed by atoms with van der Waals surface area (Å²) in [5.41, 5.74) is 0. The van der Waals surface area contributed by atoms with Crippen molar-refractivity contribution >= 4 is 11.9 Å². The van der Waals surface area contributed by atoms with Gasteiger partial charge < -0.3 is 10.4 Å².